The largest absolute Gasteiger partial charge is 0.465 e. The number of nitrogens with zero attached hydrogens (tertiary/aromatic N) is 1. The van der Waals surface area contributed by atoms with Crippen molar-refractivity contribution in [3.05, 3.63) is 29.3 Å². The SMILES string of the molecule is COC(=O)c1ccc2c(c1)C(C(C)C)CN2C(C)C. The minimum Gasteiger partial charge on any atom is -0.465 e. The number of esters is 1. The fourth-order valence-corrected chi connectivity index (χ4v) is 2.83. The number of carbonyl (C=O) groups excluding carboxylic acids is 1. The van der Waals surface area contributed by atoms with E-state index in [-0.39, 0.29) is 5.97 Å². The molecule has 0 bridgehead atoms. The van der Waals surface area contributed by atoms with Crippen molar-refractivity contribution in [1.82, 2.24) is 0 Å². The first kappa shape index (κ1) is 13.9. The fraction of sp³-hybridized carbons (Fsp3) is 0.562. The lowest BCUT2D eigenvalue weighted by Gasteiger charge is -2.25. The molecule has 0 radical (unpaired) electrons. The summed E-state index contributed by atoms with van der Waals surface area (Å²) >= 11 is 0. The predicted octanol–water partition coefficient (Wildman–Crippen LogP) is 3.44. The van der Waals surface area contributed by atoms with Crippen molar-refractivity contribution >= 4 is 11.7 Å². The zero-order valence-electron chi connectivity index (χ0n) is 12.4. The molecule has 3 nitrogen and oxygen atoms in total. The first-order valence-corrected chi connectivity index (χ1v) is 6.94. The van der Waals surface area contributed by atoms with Gasteiger partial charge in [-0.05, 0) is 43.5 Å². The molecule has 0 amide bonds. The lowest BCUT2D eigenvalue weighted by Crippen LogP contribution is -2.30. The van der Waals surface area contributed by atoms with Crippen LogP contribution in [0.3, 0.4) is 0 Å². The molecule has 0 aromatic heterocycles. The van der Waals surface area contributed by atoms with Gasteiger partial charge in [-0.1, -0.05) is 13.8 Å². The Hall–Kier alpha value is -1.51. The lowest BCUT2D eigenvalue weighted by atomic mass is 9.89. The topological polar surface area (TPSA) is 29.5 Å². The molecule has 1 atom stereocenters. The second kappa shape index (κ2) is 5.24. The van der Waals surface area contributed by atoms with Crippen molar-refractivity contribution in [1.29, 1.82) is 0 Å². The van der Waals surface area contributed by atoms with Crippen LogP contribution in [0.15, 0.2) is 18.2 Å². The maximum Gasteiger partial charge on any atom is 0.337 e. The van der Waals surface area contributed by atoms with E-state index in [1.807, 2.05) is 12.1 Å². The highest BCUT2D eigenvalue weighted by atomic mass is 16.5. The maximum absolute atomic E-state index is 11.7. The van der Waals surface area contributed by atoms with Crippen LogP contribution in [0.25, 0.3) is 0 Å². The first-order valence-electron chi connectivity index (χ1n) is 6.94. The Morgan fingerprint density at radius 1 is 1.32 bits per heavy atom. The molecule has 1 unspecified atom stereocenters. The van der Waals surface area contributed by atoms with Crippen molar-refractivity contribution in [3.8, 4) is 0 Å². The molecule has 0 saturated heterocycles. The Balaban J connectivity index is 2.45. The molecule has 104 valence electrons. The first-order chi connectivity index (χ1) is 8.95. The van der Waals surface area contributed by atoms with E-state index in [2.05, 4.69) is 38.7 Å². The van der Waals surface area contributed by atoms with Crippen LogP contribution in [0.4, 0.5) is 5.69 Å². The number of hydrogen-bond donors (Lipinski definition) is 0. The van der Waals surface area contributed by atoms with Gasteiger partial charge in [0.15, 0.2) is 0 Å². The van der Waals surface area contributed by atoms with Crippen molar-refractivity contribution in [2.24, 2.45) is 5.92 Å². The van der Waals surface area contributed by atoms with Crippen LogP contribution in [0, 0.1) is 5.92 Å². The van der Waals surface area contributed by atoms with Gasteiger partial charge in [0.2, 0.25) is 0 Å². The lowest BCUT2D eigenvalue weighted by molar-refractivity contribution is 0.0600. The summed E-state index contributed by atoms with van der Waals surface area (Å²) < 4.78 is 4.81. The summed E-state index contributed by atoms with van der Waals surface area (Å²) in [7, 11) is 1.43. The zero-order valence-corrected chi connectivity index (χ0v) is 12.4. The monoisotopic (exact) mass is 261 g/mol. The van der Waals surface area contributed by atoms with E-state index in [4.69, 9.17) is 4.74 Å². The van der Waals surface area contributed by atoms with Crippen LogP contribution in [-0.2, 0) is 4.74 Å². The van der Waals surface area contributed by atoms with Gasteiger partial charge in [0.25, 0.3) is 0 Å². The van der Waals surface area contributed by atoms with E-state index in [0.29, 0.717) is 23.4 Å². The predicted molar refractivity (Wildman–Crippen MR) is 77.8 cm³/mol. The summed E-state index contributed by atoms with van der Waals surface area (Å²) in [6.45, 7) is 9.93. The molecule has 0 N–H and O–H groups in total. The van der Waals surface area contributed by atoms with Crippen molar-refractivity contribution in [3.63, 3.8) is 0 Å². The summed E-state index contributed by atoms with van der Waals surface area (Å²) in [6, 6.07) is 6.41. The molecule has 1 aliphatic rings. The number of carbonyl (C=O) groups is 1. The molecular weight excluding hydrogens is 238 g/mol. The van der Waals surface area contributed by atoms with Gasteiger partial charge in [0.05, 0.1) is 12.7 Å². The molecule has 1 aromatic carbocycles. The highest BCUT2D eigenvalue weighted by Crippen LogP contribution is 2.41. The number of hydrogen-bond acceptors (Lipinski definition) is 3. The molecule has 1 aromatic rings. The normalized spacial score (nSPS) is 18.1. The Kier molecular flexibility index (Phi) is 3.83. The molecule has 1 aliphatic heterocycles. The average Bonchev–Trinajstić information content (AvgIpc) is 2.76. The van der Waals surface area contributed by atoms with Gasteiger partial charge in [-0.25, -0.2) is 4.79 Å². The number of ether oxygens (including phenoxy) is 1. The fourth-order valence-electron chi connectivity index (χ4n) is 2.83. The molecule has 0 fully saturated rings. The van der Waals surface area contributed by atoms with Crippen molar-refractivity contribution in [2.45, 2.75) is 39.7 Å². The Bertz CT molecular complexity index is 480. The second-order valence-electron chi connectivity index (χ2n) is 5.86. The van der Waals surface area contributed by atoms with E-state index in [9.17, 15) is 4.79 Å². The number of fused-ring (bicyclic) bond motifs is 1. The van der Waals surface area contributed by atoms with E-state index in [1.165, 1.54) is 18.4 Å². The zero-order chi connectivity index (χ0) is 14.2. The summed E-state index contributed by atoms with van der Waals surface area (Å²) in [5, 5.41) is 0. The molecule has 2 rings (SSSR count). The van der Waals surface area contributed by atoms with Crippen LogP contribution >= 0.6 is 0 Å². The number of rotatable bonds is 3. The summed E-state index contributed by atoms with van der Waals surface area (Å²) in [4.78, 5) is 14.1. The minimum atomic E-state index is -0.256. The molecule has 0 spiro atoms. The standard InChI is InChI=1S/C16H23NO2/c1-10(2)14-9-17(11(3)4)15-7-6-12(8-13(14)15)16(18)19-5/h6-8,10-11,14H,9H2,1-5H3. The van der Waals surface area contributed by atoms with Gasteiger partial charge in [-0.15, -0.1) is 0 Å². The molecule has 1 heterocycles. The van der Waals surface area contributed by atoms with Crippen molar-refractivity contribution < 1.29 is 9.53 Å². The summed E-state index contributed by atoms with van der Waals surface area (Å²) in [5.74, 6) is 0.797. The highest BCUT2D eigenvalue weighted by molar-refractivity contribution is 5.90. The number of methoxy groups -OCH3 is 1. The Morgan fingerprint density at radius 2 is 2.00 bits per heavy atom. The molecule has 0 aliphatic carbocycles. The second-order valence-corrected chi connectivity index (χ2v) is 5.86. The molecule has 0 saturated carbocycles. The van der Waals surface area contributed by atoms with Crippen LogP contribution in [0.5, 0.6) is 0 Å². The smallest absolute Gasteiger partial charge is 0.337 e. The molecular formula is C16H23NO2. The van der Waals surface area contributed by atoms with E-state index in [0.717, 1.165) is 6.54 Å². The van der Waals surface area contributed by atoms with Gasteiger partial charge in [-0.2, -0.15) is 0 Å². The maximum atomic E-state index is 11.7. The van der Waals surface area contributed by atoms with Gasteiger partial charge in [-0.3, -0.25) is 0 Å². The number of anilines is 1. The molecule has 19 heavy (non-hydrogen) atoms. The van der Waals surface area contributed by atoms with Crippen LogP contribution in [0.2, 0.25) is 0 Å². The third-order valence-electron chi connectivity index (χ3n) is 3.98. The number of benzene rings is 1. The van der Waals surface area contributed by atoms with E-state index >= 15 is 0 Å². The van der Waals surface area contributed by atoms with Gasteiger partial charge in [0, 0.05) is 24.2 Å². The third kappa shape index (κ3) is 2.46. The van der Waals surface area contributed by atoms with Gasteiger partial charge in [0.1, 0.15) is 0 Å². The molecule has 3 heteroatoms. The third-order valence-corrected chi connectivity index (χ3v) is 3.98. The quantitative estimate of drug-likeness (QED) is 0.781. The average molecular weight is 261 g/mol. The Morgan fingerprint density at radius 3 is 2.53 bits per heavy atom. The van der Waals surface area contributed by atoms with Crippen LogP contribution < -0.4 is 4.90 Å². The summed E-state index contributed by atoms with van der Waals surface area (Å²) in [6.07, 6.45) is 0. The van der Waals surface area contributed by atoms with Crippen molar-refractivity contribution in [2.75, 3.05) is 18.6 Å². The minimum absolute atomic E-state index is 0.256. The van der Waals surface area contributed by atoms with Crippen LogP contribution in [-0.4, -0.2) is 25.7 Å². The van der Waals surface area contributed by atoms with E-state index in [1.54, 1.807) is 0 Å². The van der Waals surface area contributed by atoms with Gasteiger partial charge >= 0.3 is 5.97 Å². The summed E-state index contributed by atoms with van der Waals surface area (Å²) in [5.41, 5.74) is 3.20. The highest BCUT2D eigenvalue weighted by Gasteiger charge is 2.32. The van der Waals surface area contributed by atoms with Crippen LogP contribution in [0.1, 0.15) is 49.5 Å². The van der Waals surface area contributed by atoms with Gasteiger partial charge < -0.3 is 9.64 Å². The Labute approximate surface area is 115 Å². The van der Waals surface area contributed by atoms with E-state index < -0.39 is 0 Å².